The van der Waals surface area contributed by atoms with Crippen molar-refractivity contribution in [3.05, 3.63) is 0 Å². The van der Waals surface area contributed by atoms with Gasteiger partial charge in [0.05, 0.1) is 0 Å². The zero-order chi connectivity index (χ0) is 12.1. The van der Waals surface area contributed by atoms with Crippen molar-refractivity contribution in [2.45, 2.75) is 51.9 Å². The van der Waals surface area contributed by atoms with E-state index in [0.717, 1.165) is 25.9 Å². The molecule has 0 aromatic carbocycles. The number of esters is 1. The van der Waals surface area contributed by atoms with Gasteiger partial charge in [0, 0.05) is 6.42 Å². The summed E-state index contributed by atoms with van der Waals surface area (Å²) in [7, 11) is 0. The molecule has 0 aliphatic heterocycles. The first-order valence-electron chi connectivity index (χ1n) is 6.15. The summed E-state index contributed by atoms with van der Waals surface area (Å²) in [5, 5.41) is 3.33. The van der Waals surface area contributed by atoms with Crippen molar-refractivity contribution in [2.24, 2.45) is 0 Å². The standard InChI is InChI=1S/C12H23NO3/c1-2-3-4-6-9-13-10-7-5-8-12(15)16-11-14/h11,13H,2-10H2,1H3. The van der Waals surface area contributed by atoms with E-state index in [1.165, 1.54) is 25.7 Å². The number of carbonyl (C=O) groups excluding carboxylic acids is 2. The summed E-state index contributed by atoms with van der Waals surface area (Å²) in [5.74, 6) is -0.432. The first-order valence-corrected chi connectivity index (χ1v) is 6.15. The monoisotopic (exact) mass is 229 g/mol. The minimum Gasteiger partial charge on any atom is -0.395 e. The number of carbonyl (C=O) groups is 2. The van der Waals surface area contributed by atoms with Crippen LogP contribution in [-0.4, -0.2) is 25.5 Å². The Morgan fingerprint density at radius 1 is 1.12 bits per heavy atom. The maximum Gasteiger partial charge on any atom is 0.313 e. The summed E-state index contributed by atoms with van der Waals surface area (Å²) in [4.78, 5) is 20.6. The highest BCUT2D eigenvalue weighted by atomic mass is 16.6. The van der Waals surface area contributed by atoms with Gasteiger partial charge in [0.2, 0.25) is 0 Å². The van der Waals surface area contributed by atoms with E-state index in [0.29, 0.717) is 6.42 Å². The van der Waals surface area contributed by atoms with Crippen LogP contribution in [-0.2, 0) is 14.3 Å². The minimum atomic E-state index is -0.432. The minimum absolute atomic E-state index is 0.189. The van der Waals surface area contributed by atoms with Crippen LogP contribution in [0.4, 0.5) is 0 Å². The van der Waals surface area contributed by atoms with Crippen LogP contribution in [0.3, 0.4) is 0 Å². The normalized spacial score (nSPS) is 10.1. The quantitative estimate of drug-likeness (QED) is 0.255. The van der Waals surface area contributed by atoms with Gasteiger partial charge in [-0.3, -0.25) is 9.59 Å². The second kappa shape index (κ2) is 12.2. The highest BCUT2D eigenvalue weighted by Crippen LogP contribution is 1.98. The lowest BCUT2D eigenvalue weighted by Gasteiger charge is -2.03. The number of hydrogen-bond acceptors (Lipinski definition) is 4. The topological polar surface area (TPSA) is 55.4 Å². The third-order valence-corrected chi connectivity index (χ3v) is 2.37. The van der Waals surface area contributed by atoms with Gasteiger partial charge in [-0.15, -0.1) is 0 Å². The van der Waals surface area contributed by atoms with Crippen molar-refractivity contribution >= 4 is 12.4 Å². The van der Waals surface area contributed by atoms with Crippen LogP contribution in [0.1, 0.15) is 51.9 Å². The van der Waals surface area contributed by atoms with Crippen LogP contribution in [0.2, 0.25) is 0 Å². The fourth-order valence-corrected chi connectivity index (χ4v) is 1.43. The number of unbranched alkanes of at least 4 members (excludes halogenated alkanes) is 4. The first kappa shape index (κ1) is 15.1. The first-order chi connectivity index (χ1) is 7.81. The molecule has 0 aliphatic carbocycles. The van der Waals surface area contributed by atoms with E-state index < -0.39 is 5.97 Å². The van der Waals surface area contributed by atoms with Crippen LogP contribution >= 0.6 is 0 Å². The van der Waals surface area contributed by atoms with Crippen LogP contribution < -0.4 is 5.32 Å². The molecule has 4 nitrogen and oxygen atoms in total. The van der Waals surface area contributed by atoms with Gasteiger partial charge in [0.25, 0.3) is 0 Å². The Labute approximate surface area is 97.7 Å². The van der Waals surface area contributed by atoms with Crippen LogP contribution in [0.15, 0.2) is 0 Å². The molecule has 16 heavy (non-hydrogen) atoms. The van der Waals surface area contributed by atoms with E-state index in [-0.39, 0.29) is 6.47 Å². The third-order valence-electron chi connectivity index (χ3n) is 2.37. The molecule has 0 heterocycles. The Hall–Kier alpha value is -0.900. The molecule has 0 spiro atoms. The van der Waals surface area contributed by atoms with Gasteiger partial charge in [0.1, 0.15) is 0 Å². The molecule has 4 heteroatoms. The largest absolute Gasteiger partial charge is 0.395 e. The van der Waals surface area contributed by atoms with Gasteiger partial charge in [-0.05, 0) is 32.4 Å². The maximum atomic E-state index is 10.8. The van der Waals surface area contributed by atoms with Gasteiger partial charge in [-0.2, -0.15) is 0 Å². The lowest BCUT2D eigenvalue weighted by atomic mass is 10.2. The Morgan fingerprint density at radius 2 is 1.81 bits per heavy atom. The van der Waals surface area contributed by atoms with E-state index >= 15 is 0 Å². The average Bonchev–Trinajstić information content (AvgIpc) is 2.27. The van der Waals surface area contributed by atoms with Gasteiger partial charge in [0.15, 0.2) is 0 Å². The fraction of sp³-hybridized carbons (Fsp3) is 0.833. The molecule has 0 aromatic heterocycles. The number of nitrogens with one attached hydrogen (secondary N) is 1. The van der Waals surface area contributed by atoms with Crippen LogP contribution in [0, 0.1) is 0 Å². The fourth-order valence-electron chi connectivity index (χ4n) is 1.43. The Kier molecular flexibility index (Phi) is 11.5. The second-order valence-corrected chi connectivity index (χ2v) is 3.85. The number of hydrogen-bond donors (Lipinski definition) is 1. The molecule has 0 saturated heterocycles. The summed E-state index contributed by atoms with van der Waals surface area (Å²) < 4.78 is 4.17. The third kappa shape index (κ3) is 11.2. The maximum absolute atomic E-state index is 10.8. The van der Waals surface area contributed by atoms with Crippen molar-refractivity contribution in [1.82, 2.24) is 5.32 Å². The molecule has 0 aliphatic rings. The molecule has 1 N–H and O–H groups in total. The summed E-state index contributed by atoms with van der Waals surface area (Å²) in [5.41, 5.74) is 0. The highest BCUT2D eigenvalue weighted by molar-refractivity contribution is 5.76. The second-order valence-electron chi connectivity index (χ2n) is 3.85. The van der Waals surface area contributed by atoms with E-state index in [2.05, 4.69) is 17.0 Å². The molecule has 0 fully saturated rings. The summed E-state index contributed by atoms with van der Waals surface area (Å²) in [6, 6.07) is 0. The van der Waals surface area contributed by atoms with E-state index in [1.54, 1.807) is 0 Å². The number of rotatable bonds is 11. The molecule has 0 radical (unpaired) electrons. The predicted octanol–water partition coefficient (Wildman–Crippen LogP) is 2.03. The molecule has 0 rings (SSSR count). The van der Waals surface area contributed by atoms with Crippen molar-refractivity contribution in [3.8, 4) is 0 Å². The zero-order valence-electron chi connectivity index (χ0n) is 10.2. The van der Waals surface area contributed by atoms with Gasteiger partial charge in [-0.1, -0.05) is 26.2 Å². The Bertz CT molecular complexity index is 183. The predicted molar refractivity (Wildman–Crippen MR) is 63.0 cm³/mol. The molecule has 0 aromatic rings. The highest BCUT2D eigenvalue weighted by Gasteiger charge is 2.00. The Balaban J connectivity index is 3.03. The molecule has 0 saturated carbocycles. The van der Waals surface area contributed by atoms with Gasteiger partial charge in [-0.25, -0.2) is 0 Å². The van der Waals surface area contributed by atoms with Crippen LogP contribution in [0.5, 0.6) is 0 Å². The van der Waals surface area contributed by atoms with Gasteiger partial charge >= 0.3 is 12.4 Å². The average molecular weight is 229 g/mol. The van der Waals surface area contributed by atoms with Gasteiger partial charge < -0.3 is 10.1 Å². The molecule has 94 valence electrons. The lowest BCUT2D eigenvalue weighted by molar-refractivity contribution is -0.151. The number of ether oxygens (including phenoxy) is 1. The van der Waals surface area contributed by atoms with Crippen molar-refractivity contribution < 1.29 is 14.3 Å². The van der Waals surface area contributed by atoms with E-state index in [4.69, 9.17) is 0 Å². The molecule has 0 atom stereocenters. The zero-order valence-corrected chi connectivity index (χ0v) is 10.2. The van der Waals surface area contributed by atoms with Crippen molar-refractivity contribution in [2.75, 3.05) is 13.1 Å². The van der Waals surface area contributed by atoms with Crippen molar-refractivity contribution in [3.63, 3.8) is 0 Å². The molecular weight excluding hydrogens is 206 g/mol. The summed E-state index contributed by atoms with van der Waals surface area (Å²) >= 11 is 0. The van der Waals surface area contributed by atoms with Crippen molar-refractivity contribution in [1.29, 1.82) is 0 Å². The van der Waals surface area contributed by atoms with Crippen LogP contribution in [0.25, 0.3) is 0 Å². The SMILES string of the molecule is CCCCCCNCCCCC(=O)OC=O. The van der Waals surface area contributed by atoms with E-state index in [9.17, 15) is 9.59 Å². The smallest absolute Gasteiger partial charge is 0.313 e. The molecule has 0 unspecified atom stereocenters. The summed E-state index contributed by atoms with van der Waals surface area (Å²) in [6.45, 7) is 4.37. The lowest BCUT2D eigenvalue weighted by Crippen LogP contribution is -2.17. The van der Waals surface area contributed by atoms with E-state index in [1.807, 2.05) is 0 Å². The summed E-state index contributed by atoms with van der Waals surface area (Å²) in [6.07, 6.45) is 7.13. The molecular formula is C12H23NO3. The molecule has 0 amide bonds. The molecule has 0 bridgehead atoms. The Morgan fingerprint density at radius 3 is 2.44 bits per heavy atom.